The number of furan rings is 1. The van der Waals surface area contributed by atoms with Crippen molar-refractivity contribution in [2.24, 2.45) is 0 Å². The molecule has 3 heterocycles. The van der Waals surface area contributed by atoms with Crippen LogP contribution in [-0.2, 0) is 6.42 Å². The third-order valence-electron chi connectivity index (χ3n) is 5.14. The first-order chi connectivity index (χ1) is 12.7. The van der Waals surface area contributed by atoms with Gasteiger partial charge in [0.1, 0.15) is 29.8 Å². The molecule has 6 nitrogen and oxygen atoms in total. The van der Waals surface area contributed by atoms with Crippen molar-refractivity contribution in [3.8, 4) is 17.8 Å². The van der Waals surface area contributed by atoms with Crippen molar-refractivity contribution in [1.82, 2.24) is 14.5 Å². The van der Waals surface area contributed by atoms with Crippen LogP contribution >= 0.6 is 0 Å². The zero-order valence-corrected chi connectivity index (χ0v) is 14.6. The summed E-state index contributed by atoms with van der Waals surface area (Å²) < 4.78 is 7.60. The van der Waals surface area contributed by atoms with E-state index in [-0.39, 0.29) is 11.4 Å². The molecule has 0 aliphatic carbocycles. The van der Waals surface area contributed by atoms with Crippen LogP contribution in [0.3, 0.4) is 0 Å². The third kappa shape index (κ3) is 2.85. The molecule has 26 heavy (non-hydrogen) atoms. The van der Waals surface area contributed by atoms with Gasteiger partial charge in [0.05, 0.1) is 0 Å². The minimum absolute atomic E-state index is 0.139. The van der Waals surface area contributed by atoms with Gasteiger partial charge in [0, 0.05) is 30.1 Å². The second-order valence-electron chi connectivity index (χ2n) is 6.75. The lowest BCUT2D eigenvalue weighted by Gasteiger charge is -2.19. The Morgan fingerprint density at radius 1 is 1.27 bits per heavy atom. The van der Waals surface area contributed by atoms with Gasteiger partial charge in [-0.15, -0.1) is 0 Å². The summed E-state index contributed by atoms with van der Waals surface area (Å²) in [4.78, 5) is 6.50. The Morgan fingerprint density at radius 2 is 2.15 bits per heavy atom. The molecule has 1 atom stereocenters. The Morgan fingerprint density at radius 3 is 2.88 bits per heavy atom. The Bertz CT molecular complexity index is 1030. The first kappa shape index (κ1) is 16.4. The second-order valence-corrected chi connectivity index (χ2v) is 6.75. The summed E-state index contributed by atoms with van der Waals surface area (Å²) in [6, 6.07) is 12.5. The van der Waals surface area contributed by atoms with Crippen molar-refractivity contribution in [3.05, 3.63) is 47.7 Å². The van der Waals surface area contributed by atoms with Crippen LogP contribution in [0.5, 0.6) is 0 Å². The molecule has 1 aliphatic heterocycles. The van der Waals surface area contributed by atoms with Crippen molar-refractivity contribution in [1.29, 1.82) is 10.5 Å². The van der Waals surface area contributed by atoms with E-state index in [0.717, 1.165) is 35.4 Å². The van der Waals surface area contributed by atoms with Gasteiger partial charge >= 0.3 is 0 Å². The molecular formula is C20H19N5O. The van der Waals surface area contributed by atoms with Gasteiger partial charge in [-0.05, 0) is 50.6 Å². The van der Waals surface area contributed by atoms with Gasteiger partial charge in [0.15, 0.2) is 11.4 Å². The number of imidazole rings is 1. The molecule has 1 aliphatic rings. The number of aromatic nitrogens is 2. The lowest BCUT2D eigenvalue weighted by Crippen LogP contribution is -2.28. The lowest BCUT2D eigenvalue weighted by atomic mass is 10.2. The molecular weight excluding hydrogens is 326 g/mol. The minimum atomic E-state index is 0.139. The van der Waals surface area contributed by atoms with E-state index in [1.54, 1.807) is 4.57 Å². The van der Waals surface area contributed by atoms with Crippen LogP contribution < -0.4 is 0 Å². The number of nitriles is 2. The standard InChI is InChI=1S/C20H19N5O/c1-14-3-2-7-24(14)8-6-17-10-15-9-16(4-5-20(15)26-17)25-13-23-18(11-21)19(25)12-22/h4-5,9-10,13-14H,2-3,6-8H2,1H3/t14-/m1/s1. The Hall–Kier alpha value is -3.09. The summed E-state index contributed by atoms with van der Waals surface area (Å²) in [5.74, 6) is 0.972. The normalized spacial score (nSPS) is 17.4. The first-order valence-electron chi connectivity index (χ1n) is 8.84. The summed E-state index contributed by atoms with van der Waals surface area (Å²) in [5, 5.41) is 19.4. The molecule has 3 aromatic rings. The van der Waals surface area contributed by atoms with E-state index < -0.39 is 0 Å². The molecule has 0 N–H and O–H groups in total. The summed E-state index contributed by atoms with van der Waals surface area (Å²) >= 11 is 0. The highest BCUT2D eigenvalue weighted by Gasteiger charge is 2.20. The van der Waals surface area contributed by atoms with Crippen LogP contribution in [-0.4, -0.2) is 33.6 Å². The van der Waals surface area contributed by atoms with Gasteiger partial charge in [0.25, 0.3) is 0 Å². The Labute approximate surface area is 151 Å². The molecule has 2 aromatic heterocycles. The predicted molar refractivity (Wildman–Crippen MR) is 96.7 cm³/mol. The maximum atomic E-state index is 9.31. The first-order valence-corrected chi connectivity index (χ1v) is 8.84. The van der Waals surface area contributed by atoms with E-state index in [2.05, 4.69) is 28.9 Å². The van der Waals surface area contributed by atoms with E-state index >= 15 is 0 Å². The maximum absolute atomic E-state index is 9.31. The van der Waals surface area contributed by atoms with Crippen molar-refractivity contribution >= 4 is 11.0 Å². The Balaban J connectivity index is 1.59. The molecule has 1 fully saturated rings. The number of hydrogen-bond acceptors (Lipinski definition) is 5. The molecule has 0 saturated carbocycles. The number of rotatable bonds is 4. The van der Waals surface area contributed by atoms with Crippen LogP contribution in [0, 0.1) is 22.7 Å². The van der Waals surface area contributed by atoms with Gasteiger partial charge in [-0.25, -0.2) is 4.98 Å². The smallest absolute Gasteiger partial charge is 0.177 e. The molecule has 0 spiro atoms. The average Bonchev–Trinajstić information content (AvgIpc) is 3.36. The fourth-order valence-corrected chi connectivity index (χ4v) is 3.67. The second kappa shape index (κ2) is 6.67. The third-order valence-corrected chi connectivity index (χ3v) is 5.14. The molecule has 1 saturated heterocycles. The number of fused-ring (bicyclic) bond motifs is 1. The van der Waals surface area contributed by atoms with E-state index in [9.17, 15) is 5.26 Å². The topological polar surface area (TPSA) is 81.8 Å². The highest BCUT2D eigenvalue weighted by Crippen LogP contribution is 2.25. The van der Waals surface area contributed by atoms with Crippen LogP contribution in [0.1, 0.15) is 36.9 Å². The average molecular weight is 345 g/mol. The van der Waals surface area contributed by atoms with Gasteiger partial charge in [-0.3, -0.25) is 4.57 Å². The summed E-state index contributed by atoms with van der Waals surface area (Å²) in [5.41, 5.74) is 2.01. The van der Waals surface area contributed by atoms with Crippen molar-refractivity contribution in [3.63, 3.8) is 0 Å². The molecule has 4 rings (SSSR count). The van der Waals surface area contributed by atoms with Crippen LogP contribution in [0.4, 0.5) is 0 Å². The van der Waals surface area contributed by atoms with Gasteiger partial charge in [0.2, 0.25) is 0 Å². The molecule has 6 heteroatoms. The van der Waals surface area contributed by atoms with E-state index in [1.165, 1.54) is 25.7 Å². The van der Waals surface area contributed by atoms with Crippen molar-refractivity contribution in [2.45, 2.75) is 32.2 Å². The van der Waals surface area contributed by atoms with E-state index in [1.807, 2.05) is 24.3 Å². The highest BCUT2D eigenvalue weighted by atomic mass is 16.3. The summed E-state index contributed by atoms with van der Waals surface area (Å²) in [6.07, 6.45) is 4.96. The molecule has 0 bridgehead atoms. The van der Waals surface area contributed by atoms with Crippen LogP contribution in [0.15, 0.2) is 35.0 Å². The van der Waals surface area contributed by atoms with Crippen LogP contribution in [0.25, 0.3) is 16.7 Å². The number of likely N-dealkylation sites (tertiary alicyclic amines) is 1. The molecule has 0 unspecified atom stereocenters. The van der Waals surface area contributed by atoms with Gasteiger partial charge < -0.3 is 9.32 Å². The predicted octanol–water partition coefficient (Wildman–Crippen LogP) is 3.39. The zero-order chi connectivity index (χ0) is 18.1. The molecule has 1 aromatic carbocycles. The van der Waals surface area contributed by atoms with Gasteiger partial charge in [-0.1, -0.05) is 0 Å². The monoisotopic (exact) mass is 345 g/mol. The quantitative estimate of drug-likeness (QED) is 0.724. The lowest BCUT2D eigenvalue weighted by molar-refractivity contribution is 0.266. The molecule has 0 radical (unpaired) electrons. The van der Waals surface area contributed by atoms with Crippen molar-refractivity contribution < 1.29 is 4.42 Å². The largest absolute Gasteiger partial charge is 0.461 e. The fraction of sp³-hybridized carbons (Fsp3) is 0.350. The van der Waals surface area contributed by atoms with Gasteiger partial charge in [-0.2, -0.15) is 10.5 Å². The van der Waals surface area contributed by atoms with Crippen molar-refractivity contribution in [2.75, 3.05) is 13.1 Å². The zero-order valence-electron chi connectivity index (χ0n) is 14.6. The number of hydrogen-bond donors (Lipinski definition) is 0. The van der Waals surface area contributed by atoms with E-state index in [4.69, 9.17) is 9.68 Å². The minimum Gasteiger partial charge on any atom is -0.461 e. The number of benzene rings is 1. The fourth-order valence-electron chi connectivity index (χ4n) is 3.67. The van der Waals surface area contributed by atoms with E-state index in [0.29, 0.717) is 6.04 Å². The SMILES string of the molecule is C[C@@H]1CCCN1CCc1cc2cc(-n3cnc(C#N)c3C#N)ccc2o1. The Kier molecular flexibility index (Phi) is 4.20. The highest BCUT2D eigenvalue weighted by molar-refractivity contribution is 5.80. The molecule has 0 amide bonds. The number of nitrogens with zero attached hydrogens (tertiary/aromatic N) is 5. The summed E-state index contributed by atoms with van der Waals surface area (Å²) in [7, 11) is 0. The summed E-state index contributed by atoms with van der Waals surface area (Å²) in [6.45, 7) is 4.47. The molecule has 130 valence electrons. The maximum Gasteiger partial charge on any atom is 0.177 e. The van der Waals surface area contributed by atoms with Crippen LogP contribution in [0.2, 0.25) is 0 Å².